The number of hydrogen-bond donors (Lipinski definition) is 11. The molecule has 0 saturated carbocycles. The number of phosphoric acid groups is 3. The van der Waals surface area contributed by atoms with E-state index >= 15 is 0 Å². The van der Waals surface area contributed by atoms with Gasteiger partial charge in [-0.25, -0.2) is 28.6 Å². The summed E-state index contributed by atoms with van der Waals surface area (Å²) in [6, 6.07) is 0. The maximum atomic E-state index is 12.7. The number of imidazole rings is 1. The van der Waals surface area contributed by atoms with E-state index in [-0.39, 0.29) is 59.9 Å². The van der Waals surface area contributed by atoms with Crippen LogP contribution in [0.25, 0.3) is 11.2 Å². The van der Waals surface area contributed by atoms with Gasteiger partial charge < -0.3 is 61.1 Å². The zero-order valence-corrected chi connectivity index (χ0v) is 38.3. The Bertz CT molecular complexity index is 1960. The first-order chi connectivity index (χ1) is 29.3. The summed E-state index contributed by atoms with van der Waals surface area (Å²) in [6.45, 7) is 2.33. The molecule has 0 aromatic carbocycles. The lowest BCUT2D eigenvalue weighted by Gasteiger charge is -2.30. The molecule has 2 amide bonds. The number of anilines is 1. The minimum absolute atomic E-state index is 0.0237. The van der Waals surface area contributed by atoms with Gasteiger partial charge in [-0.3, -0.25) is 32.5 Å². The maximum Gasteiger partial charge on any atom is 0.481 e. The SMILES string of the molecule is CCCC(O)CCCCCC(O)CC(=O)SCCNC(=O)CCNC(=O)C(O)C(C)(C)COP(=O)(O)OP(=O)(O)OCC1OC(n2cnc3c(N)ncnc32)C(O)C1OP(=O)(O)O. The summed E-state index contributed by atoms with van der Waals surface area (Å²) in [5.41, 5.74) is 4.23. The third-order valence-corrected chi connectivity index (χ3v) is 13.4. The van der Waals surface area contributed by atoms with Crippen LogP contribution in [0.15, 0.2) is 12.7 Å². The van der Waals surface area contributed by atoms with Gasteiger partial charge in [-0.05, 0) is 19.3 Å². The van der Waals surface area contributed by atoms with Crippen LogP contribution < -0.4 is 16.4 Å². The van der Waals surface area contributed by atoms with E-state index < -0.39 is 90.7 Å². The Balaban J connectivity index is 1.38. The fraction of sp³-hybridized carbons (Fsp3) is 0.758. The highest BCUT2D eigenvalue weighted by atomic mass is 32.2. The number of nitrogen functional groups attached to an aromatic ring is 1. The van der Waals surface area contributed by atoms with Gasteiger partial charge in [0.1, 0.15) is 36.3 Å². The number of thioether (sulfide) groups is 1. The smallest absolute Gasteiger partial charge is 0.393 e. The van der Waals surface area contributed by atoms with Crippen molar-refractivity contribution in [2.24, 2.45) is 5.41 Å². The average Bonchev–Trinajstić information content (AvgIpc) is 3.74. The van der Waals surface area contributed by atoms with Crippen molar-refractivity contribution in [3.05, 3.63) is 12.7 Å². The van der Waals surface area contributed by atoms with Crippen molar-refractivity contribution in [3.63, 3.8) is 0 Å². The number of phosphoric ester groups is 3. The Hall–Kier alpha value is -2.52. The number of carbonyl (C=O) groups excluding carboxylic acids is 3. The molecule has 1 fully saturated rings. The third kappa shape index (κ3) is 18.7. The van der Waals surface area contributed by atoms with E-state index in [9.17, 15) is 68.1 Å². The van der Waals surface area contributed by atoms with E-state index in [1.807, 2.05) is 6.92 Å². The van der Waals surface area contributed by atoms with Gasteiger partial charge >= 0.3 is 23.5 Å². The maximum absolute atomic E-state index is 12.7. The molecule has 0 aliphatic carbocycles. The quantitative estimate of drug-likeness (QED) is 0.0391. The molecule has 2 aromatic heterocycles. The number of nitrogens with two attached hydrogens (primary N) is 1. The number of fused-ring (bicyclic) bond motifs is 1. The lowest BCUT2D eigenvalue weighted by molar-refractivity contribution is -0.137. The third-order valence-electron chi connectivity index (χ3n) is 9.36. The zero-order valence-electron chi connectivity index (χ0n) is 34.8. The average molecular weight is 982 g/mol. The molecular weight excluding hydrogens is 923 g/mol. The minimum atomic E-state index is -5.59. The summed E-state index contributed by atoms with van der Waals surface area (Å²) >= 11 is 0.959. The van der Waals surface area contributed by atoms with E-state index in [1.165, 1.54) is 13.8 Å². The second kappa shape index (κ2) is 24.8. The van der Waals surface area contributed by atoms with Crippen molar-refractivity contribution in [1.82, 2.24) is 30.2 Å². The zero-order chi connectivity index (χ0) is 47.2. The summed E-state index contributed by atoms with van der Waals surface area (Å²) in [5, 5.41) is 46.1. The predicted octanol–water partition coefficient (Wildman–Crippen LogP) is 0.527. The fourth-order valence-corrected chi connectivity index (χ4v) is 9.63. The van der Waals surface area contributed by atoms with Gasteiger partial charge in [-0.15, -0.1) is 0 Å². The molecule has 0 bridgehead atoms. The van der Waals surface area contributed by atoms with Crippen molar-refractivity contribution in [2.45, 2.75) is 121 Å². The van der Waals surface area contributed by atoms with Gasteiger partial charge in [-0.2, -0.15) is 4.31 Å². The molecule has 12 N–H and O–H groups in total. The fourth-order valence-electron chi connectivity index (χ4n) is 6.06. The van der Waals surface area contributed by atoms with E-state index in [1.54, 1.807) is 0 Å². The number of rotatable bonds is 29. The summed E-state index contributed by atoms with van der Waals surface area (Å²) in [7, 11) is -16.4. The summed E-state index contributed by atoms with van der Waals surface area (Å²) in [6.07, 6.45) is -2.86. The first kappa shape index (κ1) is 54.8. The highest BCUT2D eigenvalue weighted by molar-refractivity contribution is 8.13. The van der Waals surface area contributed by atoms with Crippen LogP contribution in [0.2, 0.25) is 0 Å². The molecule has 30 heteroatoms. The Kier molecular flexibility index (Phi) is 21.6. The first-order valence-electron chi connectivity index (χ1n) is 19.8. The molecule has 1 aliphatic rings. The van der Waals surface area contributed by atoms with Crippen LogP contribution in [0.4, 0.5) is 5.82 Å². The summed E-state index contributed by atoms with van der Waals surface area (Å²) in [4.78, 5) is 88.1. The monoisotopic (exact) mass is 981 g/mol. The number of aromatic nitrogens is 4. The molecule has 0 radical (unpaired) electrons. The van der Waals surface area contributed by atoms with Crippen LogP contribution in [-0.2, 0) is 50.7 Å². The molecule has 9 atom stereocenters. The van der Waals surface area contributed by atoms with E-state index in [0.717, 1.165) is 61.1 Å². The molecule has 3 heterocycles. The Labute approximate surface area is 366 Å². The van der Waals surface area contributed by atoms with Crippen LogP contribution >= 0.6 is 35.2 Å². The van der Waals surface area contributed by atoms with Gasteiger partial charge in [0.15, 0.2) is 22.8 Å². The summed E-state index contributed by atoms with van der Waals surface area (Å²) < 4.78 is 62.2. The van der Waals surface area contributed by atoms with Crippen LogP contribution in [-0.4, -0.2) is 145 Å². The molecule has 2 aromatic rings. The van der Waals surface area contributed by atoms with Crippen LogP contribution in [0, 0.1) is 5.41 Å². The highest BCUT2D eigenvalue weighted by Crippen LogP contribution is 2.61. The Morgan fingerprint density at radius 3 is 2.29 bits per heavy atom. The summed E-state index contributed by atoms with van der Waals surface area (Å²) in [5.74, 6) is -1.29. The van der Waals surface area contributed by atoms with E-state index in [0.29, 0.717) is 12.8 Å². The Morgan fingerprint density at radius 1 is 0.952 bits per heavy atom. The standard InChI is InChI=1S/C33H58N7O19P3S/c1-4-8-20(41)9-6-5-7-10-21(42)15-24(44)63-14-13-35-23(43)11-12-36-31(47)28(46)33(2,3)17-56-62(53,54)59-61(51,52)55-16-22-27(58-60(48,49)50)26(45)32(57-22)40-19-39-25-29(34)37-18-38-30(25)40/h18-22,26-28,32,41-42,45-46H,4-17H2,1-3H3,(H,35,43)(H,36,47)(H,51,52)(H,53,54)(H2,34,37,38)(H2,48,49,50). The van der Waals surface area contributed by atoms with Crippen molar-refractivity contribution >= 4 is 69.1 Å². The van der Waals surface area contributed by atoms with Gasteiger partial charge in [0.25, 0.3) is 0 Å². The van der Waals surface area contributed by atoms with Gasteiger partial charge in [0, 0.05) is 37.1 Å². The topological polar surface area (TPSA) is 404 Å². The van der Waals surface area contributed by atoms with Crippen LogP contribution in [0.5, 0.6) is 0 Å². The highest BCUT2D eigenvalue weighted by Gasteiger charge is 2.50. The molecule has 9 unspecified atom stereocenters. The molecule has 26 nitrogen and oxygen atoms in total. The molecule has 63 heavy (non-hydrogen) atoms. The number of hydrogen-bond acceptors (Lipinski definition) is 20. The number of aliphatic hydroxyl groups is 4. The van der Waals surface area contributed by atoms with Crippen molar-refractivity contribution in [1.29, 1.82) is 0 Å². The van der Waals surface area contributed by atoms with Crippen LogP contribution in [0.1, 0.15) is 84.8 Å². The number of nitrogens with one attached hydrogen (secondary N) is 2. The van der Waals surface area contributed by atoms with Crippen molar-refractivity contribution in [2.75, 3.05) is 37.8 Å². The lowest BCUT2D eigenvalue weighted by Crippen LogP contribution is -2.46. The second-order valence-corrected chi connectivity index (χ2v) is 20.6. The number of ether oxygens (including phenoxy) is 1. The predicted molar refractivity (Wildman–Crippen MR) is 222 cm³/mol. The van der Waals surface area contributed by atoms with Gasteiger partial charge in [-0.1, -0.05) is 58.2 Å². The number of amides is 2. The number of unbranched alkanes of at least 4 members (excludes halogenated alkanes) is 2. The van der Waals surface area contributed by atoms with E-state index in [2.05, 4.69) is 34.4 Å². The molecule has 3 rings (SSSR count). The van der Waals surface area contributed by atoms with Crippen molar-refractivity contribution in [3.8, 4) is 0 Å². The van der Waals surface area contributed by atoms with Crippen molar-refractivity contribution < 1.29 is 90.7 Å². The van der Waals surface area contributed by atoms with E-state index in [4.69, 9.17) is 19.5 Å². The van der Waals surface area contributed by atoms with Gasteiger partial charge in [0.05, 0.1) is 31.7 Å². The first-order valence-corrected chi connectivity index (χ1v) is 25.3. The number of carbonyl (C=O) groups is 3. The Morgan fingerprint density at radius 2 is 1.62 bits per heavy atom. The number of aliphatic hydroxyl groups excluding tert-OH is 4. The largest absolute Gasteiger partial charge is 0.481 e. The normalized spacial score (nSPS) is 21.6. The molecule has 1 aliphatic heterocycles. The minimum Gasteiger partial charge on any atom is -0.393 e. The van der Waals surface area contributed by atoms with Crippen LogP contribution in [0.3, 0.4) is 0 Å². The molecule has 360 valence electrons. The molecule has 1 saturated heterocycles. The van der Waals surface area contributed by atoms with Gasteiger partial charge in [0.2, 0.25) is 11.8 Å². The second-order valence-electron chi connectivity index (χ2n) is 15.2. The lowest BCUT2D eigenvalue weighted by atomic mass is 9.87. The molecule has 0 spiro atoms. The number of nitrogens with zero attached hydrogens (tertiary/aromatic N) is 4. The molecular formula is C33H58N7O19P3S.